The first-order chi connectivity index (χ1) is 12.2. The second-order valence-electron chi connectivity index (χ2n) is 9.38. The van der Waals surface area contributed by atoms with E-state index < -0.39 is 0 Å². The zero-order chi connectivity index (χ0) is 18.7. The van der Waals surface area contributed by atoms with Gasteiger partial charge in [-0.25, -0.2) is 0 Å². The number of rotatable bonds is 1. The molecule has 0 fully saturated rings. The summed E-state index contributed by atoms with van der Waals surface area (Å²) in [5, 5.41) is 2.59. The topological polar surface area (TPSA) is 31.6 Å². The molecule has 0 radical (unpaired) electrons. The third kappa shape index (κ3) is 2.65. The van der Waals surface area contributed by atoms with Crippen LogP contribution in [0.3, 0.4) is 0 Å². The Balaban J connectivity index is 2.02. The van der Waals surface area contributed by atoms with Gasteiger partial charge in [-0.05, 0) is 40.2 Å². The summed E-state index contributed by atoms with van der Waals surface area (Å²) in [5.74, 6) is 0. The molecule has 2 heteroatoms. The van der Waals surface area contributed by atoms with Crippen molar-refractivity contribution in [3.63, 3.8) is 0 Å². The summed E-state index contributed by atoms with van der Waals surface area (Å²) in [4.78, 5) is 7.10. The maximum atomic E-state index is 3.75. The quantitative estimate of drug-likeness (QED) is 0.376. The molecule has 0 unspecified atom stereocenters. The molecule has 0 aliphatic carbocycles. The largest absolute Gasteiger partial charge is 0.361 e. The lowest BCUT2D eigenvalue weighted by molar-refractivity contribution is 0.594. The molecule has 4 aromatic rings. The van der Waals surface area contributed by atoms with Gasteiger partial charge in [0.05, 0.1) is 0 Å². The number of fused-ring (bicyclic) bond motifs is 2. The van der Waals surface area contributed by atoms with Gasteiger partial charge in [0.1, 0.15) is 0 Å². The van der Waals surface area contributed by atoms with Crippen molar-refractivity contribution in [2.75, 3.05) is 0 Å². The summed E-state index contributed by atoms with van der Waals surface area (Å²) in [6, 6.07) is 15.5. The van der Waals surface area contributed by atoms with E-state index in [1.54, 1.807) is 0 Å². The van der Waals surface area contributed by atoms with Gasteiger partial charge in [0.25, 0.3) is 0 Å². The summed E-state index contributed by atoms with van der Waals surface area (Å²) in [7, 11) is 0. The highest BCUT2D eigenvalue weighted by Gasteiger charge is 2.24. The van der Waals surface area contributed by atoms with Crippen molar-refractivity contribution in [1.29, 1.82) is 0 Å². The smallest absolute Gasteiger partial charge is 0.0496 e. The zero-order valence-corrected chi connectivity index (χ0v) is 16.6. The monoisotopic (exact) mass is 344 g/mol. The average molecular weight is 345 g/mol. The highest BCUT2D eigenvalue weighted by molar-refractivity contribution is 5.94. The minimum atomic E-state index is 0.0567. The van der Waals surface area contributed by atoms with Crippen molar-refractivity contribution < 1.29 is 0 Å². The Labute approximate surface area is 155 Å². The standard InChI is InChI=1S/C24H28N2/c1-23(2,3)18-9-7-8-15-14-20(26-22(15)18)16-10-11-19-17(12-13-25-19)21(16)24(4,5)6/h7-14,25-26H,1-6H3. The van der Waals surface area contributed by atoms with Crippen molar-refractivity contribution >= 4 is 21.8 Å². The fraction of sp³-hybridized carbons (Fsp3) is 0.333. The molecule has 2 aromatic heterocycles. The highest BCUT2D eigenvalue weighted by Crippen LogP contribution is 2.40. The molecule has 0 amide bonds. The zero-order valence-electron chi connectivity index (χ0n) is 16.6. The van der Waals surface area contributed by atoms with E-state index in [1.165, 1.54) is 44.2 Å². The first-order valence-corrected chi connectivity index (χ1v) is 9.39. The van der Waals surface area contributed by atoms with Crippen molar-refractivity contribution in [3.8, 4) is 11.3 Å². The number of para-hydroxylation sites is 1. The molecule has 134 valence electrons. The van der Waals surface area contributed by atoms with Crippen LogP contribution >= 0.6 is 0 Å². The predicted octanol–water partition coefficient (Wildman–Crippen LogP) is 6.91. The number of aromatic nitrogens is 2. The summed E-state index contributed by atoms with van der Waals surface area (Å²) in [6.07, 6.45) is 2.03. The van der Waals surface area contributed by atoms with Gasteiger partial charge in [0.15, 0.2) is 0 Å². The second-order valence-corrected chi connectivity index (χ2v) is 9.38. The minimum absolute atomic E-state index is 0.0567. The van der Waals surface area contributed by atoms with Crippen molar-refractivity contribution in [3.05, 3.63) is 59.8 Å². The van der Waals surface area contributed by atoms with Gasteiger partial charge < -0.3 is 9.97 Å². The molecule has 2 heterocycles. The van der Waals surface area contributed by atoms with E-state index in [9.17, 15) is 0 Å². The van der Waals surface area contributed by atoms with E-state index in [2.05, 4.69) is 94.0 Å². The molecule has 2 aromatic carbocycles. The molecule has 0 saturated heterocycles. The molecule has 0 aliphatic heterocycles. The number of benzene rings is 2. The third-order valence-electron chi connectivity index (χ3n) is 5.24. The Morgan fingerprint density at radius 3 is 2.27 bits per heavy atom. The Morgan fingerprint density at radius 2 is 1.58 bits per heavy atom. The fourth-order valence-electron chi connectivity index (χ4n) is 4.09. The van der Waals surface area contributed by atoms with Crippen LogP contribution in [0.25, 0.3) is 33.1 Å². The van der Waals surface area contributed by atoms with Gasteiger partial charge in [-0.3, -0.25) is 0 Å². The molecule has 26 heavy (non-hydrogen) atoms. The van der Waals surface area contributed by atoms with Gasteiger partial charge in [-0.2, -0.15) is 0 Å². The van der Waals surface area contributed by atoms with Crippen LogP contribution in [0.5, 0.6) is 0 Å². The maximum Gasteiger partial charge on any atom is 0.0496 e. The van der Waals surface area contributed by atoms with Gasteiger partial charge in [-0.15, -0.1) is 0 Å². The van der Waals surface area contributed by atoms with Gasteiger partial charge in [0.2, 0.25) is 0 Å². The lowest BCUT2D eigenvalue weighted by Gasteiger charge is -2.24. The lowest BCUT2D eigenvalue weighted by Crippen LogP contribution is -2.13. The molecular formula is C24H28N2. The molecule has 2 nitrogen and oxygen atoms in total. The van der Waals surface area contributed by atoms with Gasteiger partial charge in [-0.1, -0.05) is 65.8 Å². The normalized spacial score (nSPS) is 13.0. The van der Waals surface area contributed by atoms with E-state index in [-0.39, 0.29) is 10.8 Å². The van der Waals surface area contributed by atoms with Crippen LogP contribution in [-0.2, 0) is 10.8 Å². The summed E-state index contributed by atoms with van der Waals surface area (Å²) in [5.41, 5.74) is 7.86. The molecule has 0 atom stereocenters. The van der Waals surface area contributed by atoms with Crippen LogP contribution in [-0.4, -0.2) is 9.97 Å². The van der Waals surface area contributed by atoms with Crippen LogP contribution in [0, 0.1) is 0 Å². The molecular weight excluding hydrogens is 316 g/mol. The van der Waals surface area contributed by atoms with Crippen LogP contribution < -0.4 is 0 Å². The van der Waals surface area contributed by atoms with E-state index in [0.29, 0.717) is 0 Å². The van der Waals surface area contributed by atoms with Crippen molar-refractivity contribution in [2.24, 2.45) is 0 Å². The van der Waals surface area contributed by atoms with E-state index in [4.69, 9.17) is 0 Å². The van der Waals surface area contributed by atoms with Crippen LogP contribution in [0.1, 0.15) is 52.7 Å². The molecule has 0 bridgehead atoms. The average Bonchev–Trinajstić information content (AvgIpc) is 3.17. The lowest BCUT2D eigenvalue weighted by atomic mass is 9.81. The van der Waals surface area contributed by atoms with E-state index in [0.717, 1.165) is 0 Å². The molecule has 0 aliphatic rings. The Bertz CT molecular complexity index is 1090. The number of aromatic amines is 2. The Kier molecular flexibility index (Phi) is 3.59. The molecule has 0 saturated carbocycles. The molecule has 4 rings (SSSR count). The van der Waals surface area contributed by atoms with Crippen LogP contribution in [0.2, 0.25) is 0 Å². The van der Waals surface area contributed by atoms with E-state index >= 15 is 0 Å². The number of hydrogen-bond acceptors (Lipinski definition) is 0. The first kappa shape index (κ1) is 17.0. The Hall–Kier alpha value is -2.48. The predicted molar refractivity (Wildman–Crippen MR) is 113 cm³/mol. The van der Waals surface area contributed by atoms with Crippen molar-refractivity contribution in [1.82, 2.24) is 9.97 Å². The summed E-state index contributed by atoms with van der Waals surface area (Å²) in [6.45, 7) is 13.7. The molecule has 0 spiro atoms. The molecule has 2 N–H and O–H groups in total. The van der Waals surface area contributed by atoms with Crippen molar-refractivity contribution in [2.45, 2.75) is 52.4 Å². The van der Waals surface area contributed by atoms with Gasteiger partial charge >= 0.3 is 0 Å². The van der Waals surface area contributed by atoms with Crippen LogP contribution in [0.4, 0.5) is 0 Å². The SMILES string of the molecule is CC(C)(C)c1c(-c2cc3cccc(C(C)(C)C)c3[nH]2)ccc2[nH]ccc12. The van der Waals surface area contributed by atoms with E-state index in [1.807, 2.05) is 6.20 Å². The van der Waals surface area contributed by atoms with Crippen LogP contribution in [0.15, 0.2) is 48.7 Å². The summed E-state index contributed by atoms with van der Waals surface area (Å²) < 4.78 is 0. The number of nitrogens with one attached hydrogen (secondary N) is 2. The number of hydrogen-bond donors (Lipinski definition) is 2. The highest BCUT2D eigenvalue weighted by atomic mass is 14.7. The third-order valence-corrected chi connectivity index (χ3v) is 5.24. The van der Waals surface area contributed by atoms with Gasteiger partial charge in [0, 0.05) is 39.3 Å². The second kappa shape index (κ2) is 5.51. The minimum Gasteiger partial charge on any atom is -0.361 e. The summed E-state index contributed by atoms with van der Waals surface area (Å²) >= 11 is 0. The first-order valence-electron chi connectivity index (χ1n) is 9.39. The number of H-pyrrole nitrogens is 2. The fourth-order valence-corrected chi connectivity index (χ4v) is 4.09. The Morgan fingerprint density at radius 1 is 0.808 bits per heavy atom. The maximum absolute atomic E-state index is 3.75.